The van der Waals surface area contributed by atoms with Crippen LogP contribution in [0.25, 0.3) is 0 Å². The van der Waals surface area contributed by atoms with E-state index in [-0.39, 0.29) is 0 Å². The van der Waals surface area contributed by atoms with E-state index in [1.165, 1.54) is 14.9 Å². The van der Waals surface area contributed by atoms with Crippen LogP contribution < -0.4 is 10.2 Å². The molecule has 2 rings (SSSR count). The predicted octanol–water partition coefficient (Wildman–Crippen LogP) is 4.35. The summed E-state index contributed by atoms with van der Waals surface area (Å²) in [7, 11) is 2.08. The second-order valence-electron chi connectivity index (χ2n) is 5.56. The summed E-state index contributed by atoms with van der Waals surface area (Å²) in [6.07, 6.45) is 0. The predicted molar refractivity (Wildman–Crippen MR) is 95.1 cm³/mol. The molecule has 0 radical (unpaired) electrons. The highest BCUT2D eigenvalue weighted by atomic mass is 79.9. The van der Waals surface area contributed by atoms with E-state index in [1.807, 2.05) is 0 Å². The largest absolute Gasteiger partial charge is 0.355 e. The minimum Gasteiger partial charge on any atom is -0.355 e. The van der Waals surface area contributed by atoms with Gasteiger partial charge >= 0.3 is 0 Å². The van der Waals surface area contributed by atoms with Crippen molar-refractivity contribution in [2.24, 2.45) is 0 Å². The van der Waals surface area contributed by atoms with Gasteiger partial charge < -0.3 is 10.2 Å². The van der Waals surface area contributed by atoms with Gasteiger partial charge in [0.2, 0.25) is 0 Å². The first-order valence-corrected chi connectivity index (χ1v) is 8.77. The first-order valence-electron chi connectivity index (χ1n) is 7.09. The Morgan fingerprint density at radius 2 is 2.14 bits per heavy atom. The standard InChI is InChI=1S/C16H22BrN3S/c1-11(2)18-8-14-5-6-16(19-12(14)3)20(4)9-13-7-15(17)21-10-13/h5-7,10-11,18H,8-9H2,1-4H3. The fraction of sp³-hybridized carbons (Fsp3) is 0.438. The first-order chi connectivity index (χ1) is 9.95. The molecular formula is C16H22BrN3S. The van der Waals surface area contributed by atoms with E-state index in [0.717, 1.165) is 24.6 Å². The van der Waals surface area contributed by atoms with Gasteiger partial charge in [0.05, 0.1) is 3.79 Å². The Bertz CT molecular complexity index is 595. The lowest BCUT2D eigenvalue weighted by molar-refractivity contribution is 0.586. The smallest absolute Gasteiger partial charge is 0.128 e. The molecule has 0 aliphatic heterocycles. The van der Waals surface area contributed by atoms with Gasteiger partial charge in [-0.3, -0.25) is 0 Å². The third-order valence-electron chi connectivity index (χ3n) is 3.31. The SMILES string of the molecule is Cc1nc(N(C)Cc2csc(Br)c2)ccc1CNC(C)C. The summed E-state index contributed by atoms with van der Waals surface area (Å²) in [4.78, 5) is 6.91. The molecule has 5 heteroatoms. The van der Waals surface area contributed by atoms with Crippen LogP contribution >= 0.6 is 27.3 Å². The summed E-state index contributed by atoms with van der Waals surface area (Å²) in [5, 5.41) is 5.61. The fourth-order valence-corrected chi connectivity index (χ4v) is 3.27. The zero-order chi connectivity index (χ0) is 15.4. The van der Waals surface area contributed by atoms with Crippen LogP contribution in [-0.2, 0) is 13.1 Å². The van der Waals surface area contributed by atoms with Crippen molar-refractivity contribution in [1.82, 2.24) is 10.3 Å². The molecule has 0 fully saturated rings. The summed E-state index contributed by atoms with van der Waals surface area (Å²) >= 11 is 5.22. The molecule has 0 atom stereocenters. The van der Waals surface area contributed by atoms with Crippen molar-refractivity contribution in [2.75, 3.05) is 11.9 Å². The molecule has 2 aromatic rings. The minimum absolute atomic E-state index is 0.490. The van der Waals surface area contributed by atoms with Crippen LogP contribution in [0.5, 0.6) is 0 Å². The maximum Gasteiger partial charge on any atom is 0.128 e. The molecule has 0 amide bonds. The van der Waals surface area contributed by atoms with E-state index in [9.17, 15) is 0 Å². The molecule has 0 bridgehead atoms. The fourth-order valence-electron chi connectivity index (χ4n) is 2.07. The first kappa shape index (κ1) is 16.5. The number of aryl methyl sites for hydroxylation is 1. The lowest BCUT2D eigenvalue weighted by Crippen LogP contribution is -2.23. The van der Waals surface area contributed by atoms with Gasteiger partial charge in [0, 0.05) is 31.9 Å². The summed E-state index contributed by atoms with van der Waals surface area (Å²) in [5.41, 5.74) is 3.66. The number of rotatable bonds is 6. The molecule has 1 N–H and O–H groups in total. The molecular weight excluding hydrogens is 346 g/mol. The molecule has 0 aliphatic rings. The molecule has 0 spiro atoms. The van der Waals surface area contributed by atoms with Crippen molar-refractivity contribution in [3.63, 3.8) is 0 Å². The Morgan fingerprint density at radius 1 is 1.38 bits per heavy atom. The van der Waals surface area contributed by atoms with E-state index in [1.54, 1.807) is 11.3 Å². The molecule has 0 saturated carbocycles. The summed E-state index contributed by atoms with van der Waals surface area (Å²) in [5.74, 6) is 1.02. The molecule has 3 nitrogen and oxygen atoms in total. The van der Waals surface area contributed by atoms with Crippen LogP contribution in [0.15, 0.2) is 27.4 Å². The maximum atomic E-state index is 4.73. The average molecular weight is 368 g/mol. The molecule has 0 aliphatic carbocycles. The third kappa shape index (κ3) is 4.80. The average Bonchev–Trinajstić information content (AvgIpc) is 2.82. The van der Waals surface area contributed by atoms with Crippen molar-refractivity contribution >= 4 is 33.1 Å². The maximum absolute atomic E-state index is 4.73. The zero-order valence-electron chi connectivity index (χ0n) is 13.0. The highest BCUT2D eigenvalue weighted by Gasteiger charge is 2.08. The Balaban J connectivity index is 2.04. The normalized spacial score (nSPS) is 11.1. The van der Waals surface area contributed by atoms with Crippen molar-refractivity contribution < 1.29 is 0 Å². The second kappa shape index (κ2) is 7.38. The lowest BCUT2D eigenvalue weighted by Gasteiger charge is -2.19. The number of pyridine rings is 1. The van der Waals surface area contributed by atoms with Gasteiger partial charge in [0.25, 0.3) is 0 Å². The molecule has 2 heterocycles. The van der Waals surface area contributed by atoms with Gasteiger partial charge in [0.15, 0.2) is 0 Å². The van der Waals surface area contributed by atoms with Crippen LogP contribution in [0.2, 0.25) is 0 Å². The van der Waals surface area contributed by atoms with E-state index in [4.69, 9.17) is 4.98 Å². The summed E-state index contributed by atoms with van der Waals surface area (Å²) in [6, 6.07) is 6.93. The molecule has 0 saturated heterocycles. The van der Waals surface area contributed by atoms with E-state index in [2.05, 4.69) is 77.5 Å². The number of anilines is 1. The topological polar surface area (TPSA) is 28.2 Å². The molecule has 2 aromatic heterocycles. The minimum atomic E-state index is 0.490. The Labute approximate surface area is 139 Å². The third-order valence-corrected chi connectivity index (χ3v) is 4.87. The van der Waals surface area contributed by atoms with Crippen LogP contribution in [0, 0.1) is 6.92 Å². The number of thiophene rings is 1. The van der Waals surface area contributed by atoms with Gasteiger partial charge in [-0.25, -0.2) is 4.98 Å². The Hall–Kier alpha value is -0.910. The zero-order valence-corrected chi connectivity index (χ0v) is 15.4. The van der Waals surface area contributed by atoms with Crippen molar-refractivity contribution in [1.29, 1.82) is 0 Å². The Kier molecular flexibility index (Phi) is 5.79. The molecule has 0 aromatic carbocycles. The number of nitrogens with one attached hydrogen (secondary N) is 1. The number of hydrogen-bond acceptors (Lipinski definition) is 4. The van der Waals surface area contributed by atoms with Crippen molar-refractivity contribution in [3.8, 4) is 0 Å². The number of aromatic nitrogens is 1. The van der Waals surface area contributed by atoms with Gasteiger partial charge in [-0.2, -0.15) is 0 Å². The molecule has 21 heavy (non-hydrogen) atoms. The second-order valence-corrected chi connectivity index (χ2v) is 7.86. The quantitative estimate of drug-likeness (QED) is 0.822. The highest BCUT2D eigenvalue weighted by Crippen LogP contribution is 2.23. The summed E-state index contributed by atoms with van der Waals surface area (Å²) in [6.45, 7) is 8.14. The van der Waals surface area contributed by atoms with Gasteiger partial charge in [-0.05, 0) is 51.5 Å². The lowest BCUT2D eigenvalue weighted by atomic mass is 10.2. The summed E-state index contributed by atoms with van der Waals surface area (Å²) < 4.78 is 1.17. The number of hydrogen-bond donors (Lipinski definition) is 1. The number of nitrogens with zero attached hydrogens (tertiary/aromatic N) is 2. The monoisotopic (exact) mass is 367 g/mol. The van der Waals surface area contributed by atoms with E-state index >= 15 is 0 Å². The highest BCUT2D eigenvalue weighted by molar-refractivity contribution is 9.11. The van der Waals surface area contributed by atoms with Crippen LogP contribution in [0.4, 0.5) is 5.82 Å². The van der Waals surface area contributed by atoms with Gasteiger partial charge in [0.1, 0.15) is 5.82 Å². The van der Waals surface area contributed by atoms with Crippen LogP contribution in [-0.4, -0.2) is 18.1 Å². The molecule has 0 unspecified atom stereocenters. The molecule has 114 valence electrons. The van der Waals surface area contributed by atoms with Crippen molar-refractivity contribution in [3.05, 3.63) is 44.2 Å². The van der Waals surface area contributed by atoms with Gasteiger partial charge in [-0.15, -0.1) is 11.3 Å². The van der Waals surface area contributed by atoms with Gasteiger partial charge in [-0.1, -0.05) is 19.9 Å². The van der Waals surface area contributed by atoms with E-state index in [0.29, 0.717) is 6.04 Å². The van der Waals surface area contributed by atoms with Crippen molar-refractivity contribution in [2.45, 2.75) is 39.9 Å². The van der Waals surface area contributed by atoms with Crippen LogP contribution in [0.3, 0.4) is 0 Å². The van der Waals surface area contributed by atoms with Crippen LogP contribution in [0.1, 0.15) is 30.7 Å². The van der Waals surface area contributed by atoms with E-state index < -0.39 is 0 Å². The Morgan fingerprint density at radius 3 is 2.71 bits per heavy atom. The number of halogens is 1.